The number of rotatable bonds is 7. The van der Waals surface area contributed by atoms with Crippen molar-refractivity contribution in [3.05, 3.63) is 42.0 Å². The summed E-state index contributed by atoms with van der Waals surface area (Å²) in [6, 6.07) is 12.6. The Morgan fingerprint density at radius 3 is 2.75 bits per heavy atom. The minimum Gasteiger partial charge on any atom is -0.369 e. The fourth-order valence-corrected chi connectivity index (χ4v) is 4.46. The molecule has 0 N–H and O–H groups in total. The van der Waals surface area contributed by atoms with E-state index in [0.717, 1.165) is 51.1 Å². The molecular weight excluding hydrogens is 386 g/mol. The molecule has 0 bridgehead atoms. The Hall–Kier alpha value is -2.43. The zero-order chi connectivity index (χ0) is 20.1. The summed E-state index contributed by atoms with van der Waals surface area (Å²) in [5, 5.41) is 20.4. The number of para-hydroxylation sites is 1. The lowest BCUT2D eigenvalue weighted by Crippen LogP contribution is -2.32. The molecule has 1 heterocycles. The third-order valence-electron chi connectivity index (χ3n) is 4.75. The molecule has 0 saturated carbocycles. The Balaban J connectivity index is 1.86. The highest BCUT2D eigenvalue weighted by Gasteiger charge is 2.12. The van der Waals surface area contributed by atoms with Gasteiger partial charge in [0.25, 0.3) is 0 Å². The van der Waals surface area contributed by atoms with Crippen LogP contribution in [0.4, 0.5) is 16.5 Å². The molecule has 2 aromatic carbocycles. The van der Waals surface area contributed by atoms with Gasteiger partial charge < -0.3 is 4.90 Å². The fourth-order valence-electron chi connectivity index (χ4n) is 3.08. The van der Waals surface area contributed by atoms with Crippen molar-refractivity contribution in [2.45, 2.75) is 45.1 Å². The van der Waals surface area contributed by atoms with Crippen LogP contribution >= 0.6 is 23.1 Å². The number of aromatic nitrogens is 1. The van der Waals surface area contributed by atoms with E-state index in [1.807, 2.05) is 24.3 Å². The number of hydrogen-bond donors (Lipinski definition) is 0. The van der Waals surface area contributed by atoms with Crippen molar-refractivity contribution < 1.29 is 0 Å². The second-order valence-corrected chi connectivity index (χ2v) is 8.34. The molecule has 1 aromatic heterocycles. The fraction of sp³-hybridized carbons (Fsp3) is 0.333. The van der Waals surface area contributed by atoms with E-state index >= 15 is 0 Å². The Morgan fingerprint density at radius 1 is 1.25 bits per heavy atom. The zero-order valence-corrected chi connectivity index (χ0v) is 18.1. The molecule has 0 amide bonds. The van der Waals surface area contributed by atoms with Crippen LogP contribution in [0.2, 0.25) is 0 Å². The van der Waals surface area contributed by atoms with E-state index in [2.05, 4.69) is 65.3 Å². The van der Waals surface area contributed by atoms with E-state index in [1.165, 1.54) is 17.0 Å². The number of azo groups is 1. The molecule has 5 nitrogen and oxygen atoms in total. The summed E-state index contributed by atoms with van der Waals surface area (Å²) < 4.78 is 1.01. The highest BCUT2D eigenvalue weighted by atomic mass is 32.2. The SMILES string of the molecule is CCC(C)N(CC)c1ccc(/N=N/c2nc3c(SC#N)cccc3s2)c(C)c1. The van der Waals surface area contributed by atoms with E-state index in [0.29, 0.717) is 11.2 Å². The number of anilines is 1. The van der Waals surface area contributed by atoms with E-state index in [4.69, 9.17) is 5.26 Å². The van der Waals surface area contributed by atoms with E-state index in [-0.39, 0.29) is 0 Å². The van der Waals surface area contributed by atoms with Gasteiger partial charge in [-0.15, -0.1) is 10.2 Å². The smallest absolute Gasteiger partial charge is 0.231 e. The number of benzene rings is 2. The van der Waals surface area contributed by atoms with Gasteiger partial charge in [0.2, 0.25) is 5.13 Å². The first kappa shape index (κ1) is 20.3. The maximum atomic E-state index is 8.94. The van der Waals surface area contributed by atoms with E-state index in [1.54, 1.807) is 0 Å². The number of fused-ring (bicyclic) bond motifs is 1. The molecule has 0 aliphatic rings. The Kier molecular flexibility index (Phi) is 6.65. The average Bonchev–Trinajstić information content (AvgIpc) is 3.12. The van der Waals surface area contributed by atoms with E-state index in [9.17, 15) is 0 Å². The molecule has 0 spiro atoms. The summed E-state index contributed by atoms with van der Waals surface area (Å²) in [5.41, 5.74) is 3.96. The van der Waals surface area contributed by atoms with Gasteiger partial charge >= 0.3 is 0 Å². The topological polar surface area (TPSA) is 64.6 Å². The van der Waals surface area contributed by atoms with Crippen LogP contribution in [0, 0.1) is 17.6 Å². The minimum atomic E-state index is 0.500. The Labute approximate surface area is 174 Å². The van der Waals surface area contributed by atoms with Crippen molar-refractivity contribution in [2.75, 3.05) is 11.4 Å². The first-order valence-electron chi connectivity index (χ1n) is 9.31. The summed E-state index contributed by atoms with van der Waals surface area (Å²) in [6.07, 6.45) is 1.11. The highest BCUT2D eigenvalue weighted by Crippen LogP contribution is 2.35. The predicted octanol–water partition coefficient (Wildman–Crippen LogP) is 7.22. The van der Waals surface area contributed by atoms with Gasteiger partial charge in [-0.25, -0.2) is 4.98 Å². The van der Waals surface area contributed by atoms with Gasteiger partial charge in [-0.05, 0) is 74.8 Å². The van der Waals surface area contributed by atoms with Crippen LogP contribution in [-0.4, -0.2) is 17.6 Å². The molecule has 3 aromatic rings. The first-order valence-corrected chi connectivity index (χ1v) is 10.9. The third-order valence-corrected chi connectivity index (χ3v) is 6.29. The second kappa shape index (κ2) is 9.18. The maximum absolute atomic E-state index is 8.94. The van der Waals surface area contributed by atoms with Crippen LogP contribution in [0.25, 0.3) is 10.2 Å². The molecule has 0 aliphatic carbocycles. The van der Waals surface area contributed by atoms with Crippen LogP contribution in [0.15, 0.2) is 51.5 Å². The Morgan fingerprint density at radius 2 is 2.07 bits per heavy atom. The molecule has 0 saturated heterocycles. The van der Waals surface area contributed by atoms with Crippen LogP contribution in [-0.2, 0) is 0 Å². The largest absolute Gasteiger partial charge is 0.369 e. The number of nitrogens with zero attached hydrogens (tertiary/aromatic N) is 5. The molecule has 7 heteroatoms. The number of nitriles is 1. The van der Waals surface area contributed by atoms with Gasteiger partial charge in [0.15, 0.2) is 0 Å². The highest BCUT2D eigenvalue weighted by molar-refractivity contribution is 8.04. The number of thiazole rings is 1. The molecular formula is C21H23N5S2. The summed E-state index contributed by atoms with van der Waals surface area (Å²) >= 11 is 2.60. The Bertz CT molecular complexity index is 1030. The summed E-state index contributed by atoms with van der Waals surface area (Å²) in [7, 11) is 0. The summed E-state index contributed by atoms with van der Waals surface area (Å²) in [4.78, 5) is 7.80. The molecule has 3 rings (SSSR count). The standard InChI is InChI=1S/C21H23N5S2/c1-5-15(4)26(6-2)16-10-11-17(14(3)12-16)24-25-21-23-20-18(27-13-22)8-7-9-19(20)28-21/h7-12,15H,5-6H2,1-4H3/b25-24+. The van der Waals surface area contributed by atoms with Crippen molar-refractivity contribution in [3.63, 3.8) is 0 Å². The normalized spacial score (nSPS) is 12.4. The maximum Gasteiger partial charge on any atom is 0.231 e. The minimum absolute atomic E-state index is 0.500. The zero-order valence-electron chi connectivity index (χ0n) is 16.5. The monoisotopic (exact) mass is 409 g/mol. The first-order chi connectivity index (χ1) is 13.6. The lowest BCUT2D eigenvalue weighted by molar-refractivity contribution is 0.630. The van der Waals surface area contributed by atoms with E-state index < -0.39 is 0 Å². The number of aryl methyl sites for hydroxylation is 1. The van der Waals surface area contributed by atoms with Gasteiger partial charge in [-0.1, -0.05) is 24.3 Å². The van der Waals surface area contributed by atoms with Crippen molar-refractivity contribution in [2.24, 2.45) is 10.2 Å². The molecule has 0 radical (unpaired) electrons. The van der Waals surface area contributed by atoms with Crippen molar-refractivity contribution in [1.82, 2.24) is 4.98 Å². The third kappa shape index (κ3) is 4.34. The predicted molar refractivity (Wildman–Crippen MR) is 119 cm³/mol. The van der Waals surface area contributed by atoms with Crippen molar-refractivity contribution in [3.8, 4) is 5.40 Å². The lowest BCUT2D eigenvalue weighted by atomic mass is 10.1. The molecule has 0 aliphatic heterocycles. The number of hydrogen-bond acceptors (Lipinski definition) is 7. The summed E-state index contributed by atoms with van der Waals surface area (Å²) in [5.74, 6) is 0. The van der Waals surface area contributed by atoms with Gasteiger partial charge in [0.1, 0.15) is 5.40 Å². The van der Waals surface area contributed by atoms with Crippen LogP contribution in [0.3, 0.4) is 0 Å². The quantitative estimate of drug-likeness (QED) is 0.235. The van der Waals surface area contributed by atoms with Crippen LogP contribution in [0.5, 0.6) is 0 Å². The van der Waals surface area contributed by atoms with Gasteiger partial charge in [-0.3, -0.25) is 0 Å². The average molecular weight is 410 g/mol. The van der Waals surface area contributed by atoms with Crippen molar-refractivity contribution in [1.29, 1.82) is 5.26 Å². The van der Waals surface area contributed by atoms with Gasteiger partial charge in [-0.2, -0.15) is 5.26 Å². The van der Waals surface area contributed by atoms with Gasteiger partial charge in [0.05, 0.1) is 15.9 Å². The second-order valence-electron chi connectivity index (χ2n) is 6.51. The molecule has 28 heavy (non-hydrogen) atoms. The van der Waals surface area contributed by atoms with Crippen LogP contribution in [0.1, 0.15) is 32.8 Å². The molecule has 0 fully saturated rings. The number of thiocyanates is 1. The molecule has 144 valence electrons. The number of thioether (sulfide) groups is 1. The summed E-state index contributed by atoms with van der Waals surface area (Å²) in [6.45, 7) is 9.67. The van der Waals surface area contributed by atoms with Crippen molar-refractivity contribution >= 4 is 49.8 Å². The lowest BCUT2D eigenvalue weighted by Gasteiger charge is -2.29. The van der Waals surface area contributed by atoms with Crippen LogP contribution < -0.4 is 4.90 Å². The molecule has 1 unspecified atom stereocenters. The molecule has 1 atom stereocenters. The van der Waals surface area contributed by atoms with Gasteiger partial charge in [0, 0.05) is 23.2 Å².